The number of hydrogen-bond acceptors (Lipinski definition) is 4. The number of rotatable bonds is 10. The highest BCUT2D eigenvalue weighted by atomic mass is 16.5. The molecule has 5 heteroatoms. The molecule has 126 valence electrons. The summed E-state index contributed by atoms with van der Waals surface area (Å²) in [4.78, 5) is 23.2. The molecule has 0 bridgehead atoms. The van der Waals surface area contributed by atoms with Crippen LogP contribution in [0.25, 0.3) is 0 Å². The standard InChI is InChI=1S/C18H25NO4/c1-3-4-5-6-7-17(20)19-14-18(21)23-16-10-8-15(9-11-16)12-13-22-2/h3-4,8-11H,5-7,12-14H2,1-2H3,(H,19,20)/b4-3-. The van der Waals surface area contributed by atoms with Crippen molar-refractivity contribution in [3.05, 3.63) is 42.0 Å². The van der Waals surface area contributed by atoms with Crippen molar-refractivity contribution < 1.29 is 19.1 Å². The van der Waals surface area contributed by atoms with Crippen molar-refractivity contribution in [1.82, 2.24) is 5.32 Å². The quantitative estimate of drug-likeness (QED) is 0.312. The first-order valence-corrected chi connectivity index (χ1v) is 7.82. The van der Waals surface area contributed by atoms with Crippen molar-refractivity contribution in [2.24, 2.45) is 0 Å². The Morgan fingerprint density at radius 3 is 2.61 bits per heavy atom. The van der Waals surface area contributed by atoms with Crippen molar-refractivity contribution >= 4 is 11.9 Å². The van der Waals surface area contributed by atoms with E-state index in [0.717, 1.165) is 24.8 Å². The Morgan fingerprint density at radius 1 is 1.22 bits per heavy atom. The van der Waals surface area contributed by atoms with Crippen LogP contribution >= 0.6 is 0 Å². The van der Waals surface area contributed by atoms with E-state index in [-0.39, 0.29) is 12.5 Å². The van der Waals surface area contributed by atoms with Crippen LogP contribution in [0, 0.1) is 0 Å². The van der Waals surface area contributed by atoms with Gasteiger partial charge < -0.3 is 14.8 Å². The topological polar surface area (TPSA) is 64.6 Å². The van der Waals surface area contributed by atoms with Gasteiger partial charge in [0.2, 0.25) is 5.91 Å². The van der Waals surface area contributed by atoms with Crippen LogP contribution in [0.3, 0.4) is 0 Å². The van der Waals surface area contributed by atoms with Crippen LogP contribution in [0.1, 0.15) is 31.7 Å². The maximum absolute atomic E-state index is 11.7. The van der Waals surface area contributed by atoms with Gasteiger partial charge in [0.05, 0.1) is 6.61 Å². The van der Waals surface area contributed by atoms with E-state index in [2.05, 4.69) is 5.32 Å². The molecular formula is C18H25NO4. The summed E-state index contributed by atoms with van der Waals surface area (Å²) in [6, 6.07) is 7.26. The zero-order chi connectivity index (χ0) is 16.9. The van der Waals surface area contributed by atoms with Crippen LogP contribution in [0.2, 0.25) is 0 Å². The molecule has 1 rings (SSSR count). The fourth-order valence-corrected chi connectivity index (χ4v) is 1.92. The molecule has 1 aromatic rings. The number of hydrogen-bond donors (Lipinski definition) is 1. The predicted octanol–water partition coefficient (Wildman–Crippen LogP) is 2.64. The minimum absolute atomic E-state index is 0.117. The fraction of sp³-hybridized carbons (Fsp3) is 0.444. The molecule has 0 aliphatic carbocycles. The number of ether oxygens (including phenoxy) is 2. The third kappa shape index (κ3) is 8.78. The van der Waals surface area contributed by atoms with Gasteiger partial charge in [0.25, 0.3) is 0 Å². The molecule has 0 aliphatic heterocycles. The van der Waals surface area contributed by atoms with E-state index >= 15 is 0 Å². The highest BCUT2D eigenvalue weighted by Crippen LogP contribution is 2.12. The van der Waals surface area contributed by atoms with Crippen molar-refractivity contribution in [3.8, 4) is 5.75 Å². The largest absolute Gasteiger partial charge is 0.425 e. The minimum Gasteiger partial charge on any atom is -0.425 e. The molecule has 0 spiro atoms. The molecule has 5 nitrogen and oxygen atoms in total. The third-order valence-electron chi connectivity index (χ3n) is 3.19. The van der Waals surface area contributed by atoms with Gasteiger partial charge in [0, 0.05) is 13.5 Å². The molecule has 23 heavy (non-hydrogen) atoms. The van der Waals surface area contributed by atoms with E-state index in [0.29, 0.717) is 18.8 Å². The van der Waals surface area contributed by atoms with Gasteiger partial charge in [-0.3, -0.25) is 4.79 Å². The van der Waals surface area contributed by atoms with Gasteiger partial charge >= 0.3 is 5.97 Å². The maximum atomic E-state index is 11.7. The van der Waals surface area contributed by atoms with E-state index in [4.69, 9.17) is 9.47 Å². The van der Waals surface area contributed by atoms with E-state index < -0.39 is 5.97 Å². The second kappa shape index (κ2) is 11.4. The van der Waals surface area contributed by atoms with Gasteiger partial charge in [-0.05, 0) is 43.9 Å². The molecule has 0 atom stereocenters. The fourth-order valence-electron chi connectivity index (χ4n) is 1.92. The lowest BCUT2D eigenvalue weighted by Gasteiger charge is -2.07. The molecule has 0 aromatic heterocycles. The summed E-state index contributed by atoms with van der Waals surface area (Å²) in [5.74, 6) is -0.142. The number of amides is 1. The highest BCUT2D eigenvalue weighted by Gasteiger charge is 2.07. The number of nitrogens with one attached hydrogen (secondary N) is 1. The Kier molecular flexibility index (Phi) is 9.40. The molecule has 1 aromatic carbocycles. The second-order valence-electron chi connectivity index (χ2n) is 5.10. The summed E-state index contributed by atoms with van der Waals surface area (Å²) in [7, 11) is 1.66. The molecule has 0 fully saturated rings. The number of carbonyl (C=O) groups excluding carboxylic acids is 2. The van der Waals surface area contributed by atoms with Crippen LogP contribution in [-0.2, 0) is 20.7 Å². The molecule has 1 N–H and O–H groups in total. The van der Waals surface area contributed by atoms with Gasteiger partial charge in [-0.2, -0.15) is 0 Å². The van der Waals surface area contributed by atoms with E-state index in [1.165, 1.54) is 0 Å². The zero-order valence-corrected chi connectivity index (χ0v) is 13.8. The normalized spacial score (nSPS) is 10.7. The summed E-state index contributed by atoms with van der Waals surface area (Å²) in [5.41, 5.74) is 1.11. The predicted molar refractivity (Wildman–Crippen MR) is 89.3 cm³/mol. The summed E-state index contributed by atoms with van der Waals surface area (Å²) in [6.07, 6.45) is 6.82. The molecule has 1 amide bonds. The molecule has 0 saturated carbocycles. The van der Waals surface area contributed by atoms with E-state index in [1.807, 2.05) is 31.2 Å². The number of allylic oxidation sites excluding steroid dienone is 2. The first-order valence-electron chi connectivity index (χ1n) is 7.82. The Bertz CT molecular complexity index is 508. The number of carbonyl (C=O) groups is 2. The lowest BCUT2D eigenvalue weighted by Crippen LogP contribution is -2.31. The SMILES string of the molecule is C/C=C\CCCC(=O)NCC(=O)Oc1ccc(CCOC)cc1. The van der Waals surface area contributed by atoms with Crippen LogP contribution in [0.15, 0.2) is 36.4 Å². The molecule has 0 unspecified atom stereocenters. The average Bonchev–Trinajstić information content (AvgIpc) is 2.56. The first kappa shape index (κ1) is 18.9. The van der Waals surface area contributed by atoms with Crippen molar-refractivity contribution in [2.45, 2.75) is 32.6 Å². The van der Waals surface area contributed by atoms with Gasteiger partial charge in [0.1, 0.15) is 12.3 Å². The minimum atomic E-state index is -0.476. The lowest BCUT2D eigenvalue weighted by atomic mass is 10.1. The molecule has 0 radical (unpaired) electrons. The number of benzene rings is 1. The van der Waals surface area contributed by atoms with Gasteiger partial charge in [0.15, 0.2) is 0 Å². The molecular weight excluding hydrogens is 294 g/mol. The van der Waals surface area contributed by atoms with Gasteiger partial charge in [-0.25, -0.2) is 4.79 Å². The van der Waals surface area contributed by atoms with Gasteiger partial charge in [-0.15, -0.1) is 0 Å². The van der Waals surface area contributed by atoms with Gasteiger partial charge in [-0.1, -0.05) is 24.3 Å². The third-order valence-corrected chi connectivity index (χ3v) is 3.19. The van der Waals surface area contributed by atoms with E-state index in [9.17, 15) is 9.59 Å². The Labute approximate surface area is 137 Å². The number of unbranched alkanes of at least 4 members (excludes halogenated alkanes) is 1. The maximum Gasteiger partial charge on any atom is 0.330 e. The molecule has 0 saturated heterocycles. The van der Waals surface area contributed by atoms with Crippen LogP contribution in [0.4, 0.5) is 0 Å². The Morgan fingerprint density at radius 2 is 1.96 bits per heavy atom. The number of methoxy groups -OCH3 is 1. The molecule has 0 heterocycles. The zero-order valence-electron chi connectivity index (χ0n) is 13.8. The first-order chi connectivity index (χ1) is 11.2. The average molecular weight is 319 g/mol. The summed E-state index contributed by atoms with van der Waals surface area (Å²) in [5, 5.41) is 2.56. The van der Waals surface area contributed by atoms with Crippen molar-refractivity contribution in [2.75, 3.05) is 20.3 Å². The van der Waals surface area contributed by atoms with Crippen LogP contribution in [-0.4, -0.2) is 32.1 Å². The van der Waals surface area contributed by atoms with Crippen molar-refractivity contribution in [3.63, 3.8) is 0 Å². The van der Waals surface area contributed by atoms with E-state index in [1.54, 1.807) is 19.2 Å². The summed E-state index contributed by atoms with van der Waals surface area (Å²) >= 11 is 0. The lowest BCUT2D eigenvalue weighted by molar-refractivity contribution is -0.135. The summed E-state index contributed by atoms with van der Waals surface area (Å²) in [6.45, 7) is 2.48. The number of esters is 1. The highest BCUT2D eigenvalue weighted by molar-refractivity contribution is 5.82. The van der Waals surface area contributed by atoms with Crippen molar-refractivity contribution in [1.29, 1.82) is 0 Å². The van der Waals surface area contributed by atoms with Crippen LogP contribution in [0.5, 0.6) is 5.75 Å². The second-order valence-corrected chi connectivity index (χ2v) is 5.10. The monoisotopic (exact) mass is 319 g/mol. The molecule has 0 aliphatic rings. The summed E-state index contributed by atoms with van der Waals surface area (Å²) < 4.78 is 10.2. The Balaban J connectivity index is 2.26. The van der Waals surface area contributed by atoms with Crippen LogP contribution < -0.4 is 10.1 Å². The Hall–Kier alpha value is -2.14. The smallest absolute Gasteiger partial charge is 0.330 e.